The van der Waals surface area contributed by atoms with E-state index in [9.17, 15) is 19.8 Å². The average molecular weight is 536 g/mol. The number of nitrogens with zero attached hydrogens (tertiary/aromatic N) is 1. The van der Waals surface area contributed by atoms with Crippen molar-refractivity contribution in [2.24, 2.45) is 5.92 Å². The number of ether oxygens (including phenoxy) is 3. The third-order valence-electron chi connectivity index (χ3n) is 7.41. The summed E-state index contributed by atoms with van der Waals surface area (Å²) in [7, 11) is 1.58. The van der Waals surface area contributed by atoms with Crippen LogP contribution in [0.2, 0.25) is 0 Å². The third-order valence-corrected chi connectivity index (χ3v) is 7.41. The number of hydrogen-bond donors (Lipinski definition) is 4. The van der Waals surface area contributed by atoms with Gasteiger partial charge in [0.1, 0.15) is 18.0 Å². The molecule has 1 aromatic carbocycles. The van der Waals surface area contributed by atoms with Crippen LogP contribution in [0.4, 0.5) is 0 Å². The van der Waals surface area contributed by atoms with Gasteiger partial charge in [0.25, 0.3) is 0 Å². The number of methoxy groups -OCH3 is 1. The number of carbonyl (C=O) groups excluding carboxylic acids is 2. The SMILES string of the molecule is CCCOCC[C@@H]1OC(O)C[C@@H]1NC(=O)[C@@H]1CCCN1C(=O)[C@@H](NC(O)c1cccc(OC)c1C)C(C)C. The minimum absolute atomic E-state index is 0.127. The summed E-state index contributed by atoms with van der Waals surface area (Å²) in [5.41, 5.74) is 1.42. The second kappa shape index (κ2) is 14.2. The maximum absolute atomic E-state index is 13.7. The maximum atomic E-state index is 13.7. The molecule has 3 rings (SSSR count). The van der Waals surface area contributed by atoms with Gasteiger partial charge in [0, 0.05) is 31.7 Å². The molecule has 2 aliphatic heterocycles. The molecule has 0 bridgehead atoms. The van der Waals surface area contributed by atoms with Crippen molar-refractivity contribution in [2.75, 3.05) is 26.9 Å². The summed E-state index contributed by atoms with van der Waals surface area (Å²) in [6, 6.07) is 3.76. The summed E-state index contributed by atoms with van der Waals surface area (Å²) in [5.74, 6) is 0.0655. The standard InChI is InChI=1S/C28H45N3O7/c1-6-14-37-15-12-23-20(16-24(32)38-23)29-27(34)21-10-8-13-31(21)28(35)25(17(2)3)30-26(33)19-9-7-11-22(36-5)18(19)4/h7,9,11,17,20-21,23-26,30,32-33H,6,8,10,12-16H2,1-5H3,(H,29,34)/t20-,21-,23-,24?,25-,26?/m0/s1. The summed E-state index contributed by atoms with van der Waals surface area (Å²) in [5, 5.41) is 27.1. The molecule has 6 atom stereocenters. The Labute approximate surface area is 226 Å². The number of amides is 2. The molecule has 2 aliphatic rings. The fraction of sp³-hybridized carbons (Fsp3) is 0.714. The van der Waals surface area contributed by atoms with Gasteiger partial charge in [-0.15, -0.1) is 0 Å². The monoisotopic (exact) mass is 535 g/mol. The Morgan fingerprint density at radius 2 is 2.03 bits per heavy atom. The second-order valence-corrected chi connectivity index (χ2v) is 10.5. The van der Waals surface area contributed by atoms with E-state index in [2.05, 4.69) is 10.6 Å². The van der Waals surface area contributed by atoms with E-state index in [1.165, 1.54) is 0 Å². The van der Waals surface area contributed by atoms with Crippen molar-refractivity contribution in [3.05, 3.63) is 29.3 Å². The first-order chi connectivity index (χ1) is 18.2. The van der Waals surface area contributed by atoms with Gasteiger partial charge >= 0.3 is 0 Å². The molecule has 2 saturated heterocycles. The zero-order valence-electron chi connectivity index (χ0n) is 23.3. The highest BCUT2D eigenvalue weighted by Gasteiger charge is 2.41. The smallest absolute Gasteiger partial charge is 0.243 e. The van der Waals surface area contributed by atoms with Crippen LogP contribution in [0, 0.1) is 12.8 Å². The van der Waals surface area contributed by atoms with Crippen LogP contribution >= 0.6 is 0 Å². The van der Waals surface area contributed by atoms with Crippen LogP contribution < -0.4 is 15.4 Å². The van der Waals surface area contributed by atoms with Crippen molar-refractivity contribution in [3.63, 3.8) is 0 Å². The minimum Gasteiger partial charge on any atom is -0.496 e. The van der Waals surface area contributed by atoms with E-state index in [1.54, 1.807) is 24.1 Å². The summed E-state index contributed by atoms with van der Waals surface area (Å²) in [4.78, 5) is 28.7. The molecule has 0 radical (unpaired) electrons. The fourth-order valence-electron chi connectivity index (χ4n) is 5.31. The van der Waals surface area contributed by atoms with Gasteiger partial charge in [-0.3, -0.25) is 14.9 Å². The summed E-state index contributed by atoms with van der Waals surface area (Å²) >= 11 is 0. The number of aliphatic hydroxyl groups is 2. The molecule has 4 N–H and O–H groups in total. The molecule has 1 aromatic rings. The van der Waals surface area contributed by atoms with Crippen LogP contribution in [0.1, 0.15) is 70.2 Å². The fourth-order valence-corrected chi connectivity index (χ4v) is 5.31. The molecule has 2 amide bonds. The lowest BCUT2D eigenvalue weighted by Gasteiger charge is -2.33. The van der Waals surface area contributed by atoms with E-state index in [4.69, 9.17) is 14.2 Å². The lowest BCUT2D eigenvalue weighted by atomic mass is 10.00. The van der Waals surface area contributed by atoms with E-state index in [1.807, 2.05) is 33.8 Å². The van der Waals surface area contributed by atoms with Gasteiger partial charge in [-0.2, -0.15) is 0 Å². The van der Waals surface area contributed by atoms with Gasteiger partial charge in [-0.1, -0.05) is 32.9 Å². The van der Waals surface area contributed by atoms with Crippen LogP contribution in [-0.2, 0) is 19.1 Å². The van der Waals surface area contributed by atoms with Crippen molar-refractivity contribution in [1.82, 2.24) is 15.5 Å². The van der Waals surface area contributed by atoms with Crippen molar-refractivity contribution in [2.45, 2.75) is 96.5 Å². The van der Waals surface area contributed by atoms with Gasteiger partial charge in [0.2, 0.25) is 11.8 Å². The summed E-state index contributed by atoms with van der Waals surface area (Å²) in [6.07, 6.45) is 0.691. The highest BCUT2D eigenvalue weighted by molar-refractivity contribution is 5.90. The largest absolute Gasteiger partial charge is 0.496 e. The maximum Gasteiger partial charge on any atom is 0.243 e. The van der Waals surface area contributed by atoms with Gasteiger partial charge in [-0.05, 0) is 50.2 Å². The molecular formula is C28H45N3O7. The van der Waals surface area contributed by atoms with Crippen molar-refractivity contribution >= 4 is 11.8 Å². The first-order valence-electron chi connectivity index (χ1n) is 13.8. The van der Waals surface area contributed by atoms with Crippen LogP contribution in [0.3, 0.4) is 0 Å². The molecule has 0 aliphatic carbocycles. The van der Waals surface area contributed by atoms with Crippen molar-refractivity contribution in [1.29, 1.82) is 0 Å². The molecule has 10 nitrogen and oxygen atoms in total. The van der Waals surface area contributed by atoms with E-state index in [-0.39, 0.29) is 29.9 Å². The molecular weight excluding hydrogens is 490 g/mol. The number of nitrogens with one attached hydrogen (secondary N) is 2. The highest BCUT2D eigenvalue weighted by atomic mass is 16.6. The van der Waals surface area contributed by atoms with Gasteiger partial charge in [-0.25, -0.2) is 0 Å². The molecule has 2 fully saturated rings. The zero-order valence-corrected chi connectivity index (χ0v) is 23.3. The minimum atomic E-state index is -1.08. The van der Waals surface area contributed by atoms with E-state index in [0.29, 0.717) is 56.8 Å². The summed E-state index contributed by atoms with van der Waals surface area (Å²) in [6.45, 7) is 9.33. The number of hydrogen-bond acceptors (Lipinski definition) is 8. The van der Waals surface area contributed by atoms with Gasteiger partial charge in [0.15, 0.2) is 6.29 Å². The Morgan fingerprint density at radius 3 is 2.71 bits per heavy atom. The lowest BCUT2D eigenvalue weighted by molar-refractivity contribution is -0.142. The normalized spacial score (nSPS) is 25.0. The quantitative estimate of drug-likeness (QED) is 0.223. The molecule has 38 heavy (non-hydrogen) atoms. The third kappa shape index (κ3) is 7.45. The molecule has 10 heteroatoms. The van der Waals surface area contributed by atoms with Crippen LogP contribution in [0.15, 0.2) is 18.2 Å². The predicted molar refractivity (Wildman–Crippen MR) is 142 cm³/mol. The Balaban J connectivity index is 1.66. The number of benzene rings is 1. The number of rotatable bonds is 13. The highest BCUT2D eigenvalue weighted by Crippen LogP contribution is 2.27. The Morgan fingerprint density at radius 1 is 1.26 bits per heavy atom. The van der Waals surface area contributed by atoms with E-state index < -0.39 is 24.6 Å². The zero-order chi connectivity index (χ0) is 27.8. The molecule has 214 valence electrons. The number of aliphatic hydroxyl groups excluding tert-OH is 2. The lowest BCUT2D eigenvalue weighted by Crippen LogP contribution is -2.56. The first-order valence-corrected chi connectivity index (χ1v) is 13.8. The molecule has 0 aromatic heterocycles. The second-order valence-electron chi connectivity index (χ2n) is 10.5. The van der Waals surface area contributed by atoms with Crippen LogP contribution in [0.25, 0.3) is 0 Å². The number of likely N-dealkylation sites (tertiary alicyclic amines) is 1. The first kappa shape index (κ1) is 30.3. The Hall–Kier alpha value is -2.24. The Bertz CT molecular complexity index is 928. The summed E-state index contributed by atoms with van der Waals surface area (Å²) < 4.78 is 16.5. The molecule has 2 unspecified atom stereocenters. The molecule has 2 heterocycles. The van der Waals surface area contributed by atoms with E-state index in [0.717, 1.165) is 12.0 Å². The number of carbonyl (C=O) groups is 2. The Kier molecular flexibility index (Phi) is 11.3. The average Bonchev–Trinajstić information content (AvgIpc) is 3.51. The van der Waals surface area contributed by atoms with E-state index >= 15 is 0 Å². The van der Waals surface area contributed by atoms with Crippen LogP contribution in [0.5, 0.6) is 5.75 Å². The predicted octanol–water partition coefficient (Wildman–Crippen LogP) is 2.01. The molecule has 0 spiro atoms. The van der Waals surface area contributed by atoms with Crippen molar-refractivity contribution in [3.8, 4) is 5.75 Å². The molecule has 0 saturated carbocycles. The van der Waals surface area contributed by atoms with Crippen molar-refractivity contribution < 1.29 is 34.0 Å². The van der Waals surface area contributed by atoms with Gasteiger partial charge < -0.3 is 34.6 Å². The van der Waals surface area contributed by atoms with Gasteiger partial charge in [0.05, 0.1) is 25.3 Å². The topological polar surface area (TPSA) is 130 Å². The van der Waals surface area contributed by atoms with Crippen LogP contribution in [-0.4, -0.2) is 84.3 Å².